The maximum Gasteiger partial charge on any atom is 0.0135 e. The van der Waals surface area contributed by atoms with Crippen molar-refractivity contribution in [1.29, 1.82) is 0 Å². The highest BCUT2D eigenvalue weighted by Crippen LogP contribution is 2.29. The maximum absolute atomic E-state index is 4.05. The molecular formula is C13H21BrS. The number of thioether (sulfide) groups is 1. The van der Waals surface area contributed by atoms with E-state index in [2.05, 4.69) is 61.7 Å². The minimum Gasteiger partial charge on any atom is -0.162 e. The molecule has 0 aliphatic rings. The van der Waals surface area contributed by atoms with E-state index in [1.54, 1.807) is 0 Å². The van der Waals surface area contributed by atoms with Crippen molar-refractivity contribution in [1.82, 2.24) is 0 Å². The van der Waals surface area contributed by atoms with Gasteiger partial charge in [0.25, 0.3) is 0 Å². The van der Waals surface area contributed by atoms with Gasteiger partial charge < -0.3 is 0 Å². The second-order valence-electron chi connectivity index (χ2n) is 3.78. The van der Waals surface area contributed by atoms with E-state index in [9.17, 15) is 0 Å². The summed E-state index contributed by atoms with van der Waals surface area (Å²) in [6.45, 7) is 12.7. The Balaban J connectivity index is 4.98. The molecule has 0 radical (unpaired) electrons. The highest BCUT2D eigenvalue weighted by Gasteiger charge is 2.16. The minimum atomic E-state index is 0.532. The zero-order valence-electron chi connectivity index (χ0n) is 10.3. The second-order valence-corrected chi connectivity index (χ2v) is 5.91. The SMILES string of the molecule is C=C(C)/C(=C\C(Br)=C/C)C(C)C(C)SC. The molecule has 0 spiro atoms. The standard InChI is InChI=1S/C13H21BrS/c1-7-12(14)8-13(9(2)3)10(4)11(5)15-6/h7-8,10-11H,2H2,1,3-6H3/b12-7+,13-8+. The molecule has 0 heterocycles. The Kier molecular flexibility index (Phi) is 7.37. The molecule has 0 saturated carbocycles. The maximum atomic E-state index is 4.05. The molecule has 0 bridgehead atoms. The summed E-state index contributed by atoms with van der Waals surface area (Å²) in [5, 5.41) is 0.616. The van der Waals surface area contributed by atoms with E-state index >= 15 is 0 Å². The largest absolute Gasteiger partial charge is 0.162 e. The van der Waals surface area contributed by atoms with E-state index in [0.717, 1.165) is 10.1 Å². The first-order valence-electron chi connectivity index (χ1n) is 5.16. The summed E-state index contributed by atoms with van der Waals surface area (Å²) in [4.78, 5) is 0. The molecule has 0 aromatic rings. The lowest BCUT2D eigenvalue weighted by molar-refractivity contribution is 0.680. The molecule has 0 aliphatic carbocycles. The van der Waals surface area contributed by atoms with Crippen LogP contribution in [0.5, 0.6) is 0 Å². The Morgan fingerprint density at radius 3 is 2.27 bits per heavy atom. The van der Waals surface area contributed by atoms with Gasteiger partial charge in [0.15, 0.2) is 0 Å². The second kappa shape index (κ2) is 7.34. The molecule has 0 saturated heterocycles. The smallest absolute Gasteiger partial charge is 0.0135 e. The quantitative estimate of drug-likeness (QED) is 0.629. The van der Waals surface area contributed by atoms with Gasteiger partial charge in [-0.3, -0.25) is 0 Å². The summed E-state index contributed by atoms with van der Waals surface area (Å²) in [6, 6.07) is 0. The molecule has 2 atom stereocenters. The molecule has 15 heavy (non-hydrogen) atoms. The lowest BCUT2D eigenvalue weighted by Gasteiger charge is -2.21. The summed E-state index contributed by atoms with van der Waals surface area (Å²) >= 11 is 5.42. The van der Waals surface area contributed by atoms with Crippen molar-refractivity contribution >= 4 is 27.7 Å². The van der Waals surface area contributed by atoms with E-state index in [0.29, 0.717) is 11.2 Å². The Morgan fingerprint density at radius 2 is 1.93 bits per heavy atom. The van der Waals surface area contributed by atoms with Crippen molar-refractivity contribution in [3.8, 4) is 0 Å². The van der Waals surface area contributed by atoms with Gasteiger partial charge in [-0.2, -0.15) is 11.8 Å². The van der Waals surface area contributed by atoms with Crippen LogP contribution in [0.4, 0.5) is 0 Å². The Morgan fingerprint density at radius 1 is 1.40 bits per heavy atom. The topological polar surface area (TPSA) is 0 Å². The average molecular weight is 289 g/mol. The fourth-order valence-corrected chi connectivity index (χ4v) is 2.13. The fourth-order valence-electron chi connectivity index (χ4n) is 1.33. The summed E-state index contributed by atoms with van der Waals surface area (Å²) in [7, 11) is 0. The number of hydrogen-bond donors (Lipinski definition) is 0. The zero-order chi connectivity index (χ0) is 12.0. The molecule has 0 rings (SSSR count). The van der Waals surface area contributed by atoms with E-state index in [1.807, 2.05) is 18.7 Å². The first-order chi connectivity index (χ1) is 6.93. The Labute approximate surface area is 107 Å². The third kappa shape index (κ3) is 5.07. The highest BCUT2D eigenvalue weighted by atomic mass is 79.9. The van der Waals surface area contributed by atoms with Crippen LogP contribution < -0.4 is 0 Å². The van der Waals surface area contributed by atoms with E-state index in [1.165, 1.54) is 5.57 Å². The summed E-state index contributed by atoms with van der Waals surface area (Å²) < 4.78 is 1.13. The van der Waals surface area contributed by atoms with Crippen LogP contribution in [0, 0.1) is 5.92 Å². The molecule has 2 heteroatoms. The van der Waals surface area contributed by atoms with Gasteiger partial charge in [0, 0.05) is 9.73 Å². The van der Waals surface area contributed by atoms with Crippen LogP contribution in [0.3, 0.4) is 0 Å². The molecule has 0 nitrogen and oxygen atoms in total. The van der Waals surface area contributed by atoms with Crippen LogP contribution in [-0.2, 0) is 0 Å². The van der Waals surface area contributed by atoms with Gasteiger partial charge in [0.1, 0.15) is 0 Å². The van der Waals surface area contributed by atoms with Gasteiger partial charge in [-0.1, -0.05) is 48.0 Å². The molecule has 0 aromatic heterocycles. The molecule has 0 amide bonds. The Hall–Kier alpha value is 0.0500. The molecule has 0 N–H and O–H groups in total. The first-order valence-corrected chi connectivity index (χ1v) is 7.24. The average Bonchev–Trinajstić information content (AvgIpc) is 2.22. The van der Waals surface area contributed by atoms with Gasteiger partial charge >= 0.3 is 0 Å². The monoisotopic (exact) mass is 288 g/mol. The van der Waals surface area contributed by atoms with Crippen molar-refractivity contribution in [3.63, 3.8) is 0 Å². The lowest BCUT2D eigenvalue weighted by atomic mass is 9.92. The van der Waals surface area contributed by atoms with Crippen molar-refractivity contribution in [2.75, 3.05) is 6.26 Å². The highest BCUT2D eigenvalue weighted by molar-refractivity contribution is 9.11. The van der Waals surface area contributed by atoms with E-state index in [-0.39, 0.29) is 0 Å². The van der Waals surface area contributed by atoms with Gasteiger partial charge in [-0.05, 0) is 37.7 Å². The molecule has 0 aromatic carbocycles. The van der Waals surface area contributed by atoms with Crippen LogP contribution in [0.2, 0.25) is 0 Å². The van der Waals surface area contributed by atoms with Crippen LogP contribution in [0.1, 0.15) is 27.7 Å². The summed E-state index contributed by atoms with van der Waals surface area (Å²) in [6.07, 6.45) is 6.39. The third-order valence-electron chi connectivity index (χ3n) is 2.63. The van der Waals surface area contributed by atoms with E-state index in [4.69, 9.17) is 0 Å². The molecule has 2 unspecified atom stereocenters. The summed E-state index contributed by atoms with van der Waals surface area (Å²) in [5.74, 6) is 0.532. The lowest BCUT2D eigenvalue weighted by Crippen LogP contribution is -2.13. The number of allylic oxidation sites excluding steroid dienone is 5. The fraction of sp³-hybridized carbons (Fsp3) is 0.538. The number of hydrogen-bond acceptors (Lipinski definition) is 1. The van der Waals surface area contributed by atoms with Gasteiger partial charge in [0.2, 0.25) is 0 Å². The van der Waals surface area contributed by atoms with Crippen LogP contribution in [0.15, 0.2) is 34.4 Å². The zero-order valence-corrected chi connectivity index (χ0v) is 12.7. The number of rotatable bonds is 5. The minimum absolute atomic E-state index is 0.532. The normalized spacial score (nSPS) is 17.5. The van der Waals surface area contributed by atoms with Gasteiger partial charge in [-0.25, -0.2) is 0 Å². The van der Waals surface area contributed by atoms with Crippen molar-refractivity contribution < 1.29 is 0 Å². The van der Waals surface area contributed by atoms with Crippen LogP contribution in [-0.4, -0.2) is 11.5 Å². The van der Waals surface area contributed by atoms with Crippen LogP contribution >= 0.6 is 27.7 Å². The predicted octanol–water partition coefficient (Wildman–Crippen LogP) is 5.18. The van der Waals surface area contributed by atoms with Crippen molar-refractivity contribution in [2.24, 2.45) is 5.92 Å². The Bertz CT molecular complexity index is 276. The molecule has 0 fully saturated rings. The third-order valence-corrected chi connectivity index (χ3v) is 4.47. The first kappa shape index (κ1) is 15.0. The molecule has 0 aliphatic heterocycles. The van der Waals surface area contributed by atoms with Gasteiger partial charge in [-0.15, -0.1) is 0 Å². The van der Waals surface area contributed by atoms with Crippen molar-refractivity contribution in [3.05, 3.63) is 34.4 Å². The van der Waals surface area contributed by atoms with Gasteiger partial charge in [0.05, 0.1) is 0 Å². The molecular weight excluding hydrogens is 268 g/mol. The van der Waals surface area contributed by atoms with E-state index < -0.39 is 0 Å². The summed E-state index contributed by atoms with van der Waals surface area (Å²) in [5.41, 5.74) is 2.49. The number of halogens is 1. The molecule has 86 valence electrons. The predicted molar refractivity (Wildman–Crippen MR) is 77.7 cm³/mol. The van der Waals surface area contributed by atoms with Crippen LogP contribution in [0.25, 0.3) is 0 Å². The van der Waals surface area contributed by atoms with Crippen molar-refractivity contribution in [2.45, 2.75) is 32.9 Å².